The van der Waals surface area contributed by atoms with Crippen molar-refractivity contribution in [1.29, 1.82) is 0 Å². The van der Waals surface area contributed by atoms with E-state index >= 15 is 0 Å². The lowest BCUT2D eigenvalue weighted by atomic mass is 9.90. The van der Waals surface area contributed by atoms with E-state index in [9.17, 15) is 43.2 Å². The fraction of sp³-hybridized carbons (Fsp3) is 0.531. The van der Waals surface area contributed by atoms with Crippen LogP contribution in [0.2, 0.25) is 0 Å². The molecule has 4 aromatic heterocycles. The molecule has 1 saturated carbocycles. The molecule has 0 saturated heterocycles. The Morgan fingerprint density at radius 3 is 1.38 bits per heavy atom. The molecule has 0 aliphatic heterocycles. The number of carbonyl (C=O) groups is 5. The van der Waals surface area contributed by atoms with Crippen LogP contribution in [0.3, 0.4) is 0 Å². The number of amides is 8. The van der Waals surface area contributed by atoms with Gasteiger partial charge in [0.1, 0.15) is 0 Å². The SMILES string of the molecule is C=C(Cc1cc(=O)[nH]c(NC(=O)NC2CCCCC2NC(=O)Nc2nc(C)cc(=O)[nH]2)n1)C(=O)OCCCCCCCCC[N+](C)(CCCNC(=O)Nc1nc(C)cc(=O)[nH]1)CCCNC(=O)Nc1nc(C)cc(=O)[nH]1. The lowest BCUT2D eigenvalue weighted by Gasteiger charge is -2.35. The zero-order valence-corrected chi connectivity index (χ0v) is 43.6. The zero-order chi connectivity index (χ0) is 55.0. The maximum atomic E-state index is 13.0. The van der Waals surface area contributed by atoms with Crippen molar-refractivity contribution in [2.24, 2.45) is 0 Å². The number of rotatable bonds is 27. The number of nitrogens with zero attached hydrogens (tertiary/aromatic N) is 5. The summed E-state index contributed by atoms with van der Waals surface area (Å²) in [7, 11) is 2.15. The molecule has 0 spiro atoms. The summed E-state index contributed by atoms with van der Waals surface area (Å²) in [6.45, 7) is 12.1. The minimum Gasteiger partial charge on any atom is -0.462 e. The van der Waals surface area contributed by atoms with Gasteiger partial charge in [-0.15, -0.1) is 0 Å². The molecule has 12 N–H and O–H groups in total. The van der Waals surface area contributed by atoms with E-state index in [-0.39, 0.29) is 59.2 Å². The number of aromatic nitrogens is 8. The quantitative estimate of drug-likeness (QED) is 0.0176. The Kier molecular flexibility index (Phi) is 22.9. The average Bonchev–Trinajstić information content (AvgIpc) is 3.32. The van der Waals surface area contributed by atoms with Gasteiger partial charge in [0.2, 0.25) is 23.8 Å². The molecule has 76 heavy (non-hydrogen) atoms. The second-order valence-electron chi connectivity index (χ2n) is 19.1. The number of hydrogen-bond acceptors (Lipinski definition) is 14. The van der Waals surface area contributed by atoms with Gasteiger partial charge < -0.3 is 30.5 Å². The number of unbranched alkanes of at least 4 members (excludes halogenated alkanes) is 6. The van der Waals surface area contributed by atoms with Crippen LogP contribution in [0.1, 0.15) is 106 Å². The number of quaternary nitrogens is 1. The number of aromatic amines is 4. The number of nitrogens with one attached hydrogen (secondary N) is 12. The summed E-state index contributed by atoms with van der Waals surface area (Å²) in [4.78, 5) is 138. The first kappa shape index (κ1) is 58.7. The molecular weight excluding hydrogens is 987 g/mol. The van der Waals surface area contributed by atoms with Gasteiger partial charge in [0.25, 0.3) is 22.2 Å². The van der Waals surface area contributed by atoms with Gasteiger partial charge in [-0.1, -0.05) is 45.1 Å². The Morgan fingerprint density at radius 2 is 0.934 bits per heavy atom. The van der Waals surface area contributed by atoms with Gasteiger partial charge >= 0.3 is 30.1 Å². The van der Waals surface area contributed by atoms with Crippen LogP contribution in [0.5, 0.6) is 0 Å². The van der Waals surface area contributed by atoms with Crippen LogP contribution >= 0.6 is 0 Å². The third-order valence-corrected chi connectivity index (χ3v) is 12.3. The van der Waals surface area contributed by atoms with Crippen molar-refractivity contribution in [1.82, 2.24) is 61.1 Å². The van der Waals surface area contributed by atoms with Crippen molar-refractivity contribution in [2.75, 3.05) is 67.6 Å². The number of ether oxygens (including phenoxy) is 1. The van der Waals surface area contributed by atoms with Crippen LogP contribution in [0, 0.1) is 20.8 Å². The van der Waals surface area contributed by atoms with Crippen molar-refractivity contribution in [3.63, 3.8) is 0 Å². The fourth-order valence-corrected chi connectivity index (χ4v) is 8.67. The molecule has 1 aliphatic rings. The van der Waals surface area contributed by atoms with Crippen molar-refractivity contribution in [3.8, 4) is 0 Å². The highest BCUT2D eigenvalue weighted by Crippen LogP contribution is 2.19. The summed E-state index contributed by atoms with van der Waals surface area (Å²) in [5, 5.41) is 21.5. The minimum atomic E-state index is -0.663. The number of hydrogen-bond donors (Lipinski definition) is 12. The molecule has 0 radical (unpaired) electrons. The number of H-pyrrole nitrogens is 4. The molecule has 1 aliphatic carbocycles. The lowest BCUT2D eigenvalue weighted by molar-refractivity contribution is -0.910. The Labute approximate surface area is 438 Å². The third kappa shape index (κ3) is 21.7. The van der Waals surface area contributed by atoms with Crippen LogP contribution in [0.15, 0.2) is 55.6 Å². The summed E-state index contributed by atoms with van der Waals surface area (Å²) in [6.07, 6.45) is 10.5. The first-order chi connectivity index (χ1) is 36.3. The van der Waals surface area contributed by atoms with Crippen molar-refractivity contribution in [3.05, 3.63) is 101 Å². The van der Waals surface area contributed by atoms with Gasteiger partial charge in [-0.25, -0.2) is 43.9 Å². The first-order valence-corrected chi connectivity index (χ1v) is 25.6. The summed E-state index contributed by atoms with van der Waals surface area (Å²) in [6, 6.07) is 2.05. The summed E-state index contributed by atoms with van der Waals surface area (Å²) < 4.78 is 6.16. The Hall–Kier alpha value is -8.23. The second-order valence-corrected chi connectivity index (χ2v) is 19.1. The Balaban J connectivity index is 0.972. The van der Waals surface area contributed by atoms with Crippen LogP contribution < -0.4 is 64.8 Å². The summed E-state index contributed by atoms with van der Waals surface area (Å²) in [5.74, 6) is -0.639. The van der Waals surface area contributed by atoms with E-state index in [0.717, 1.165) is 71.0 Å². The van der Waals surface area contributed by atoms with E-state index in [0.29, 0.717) is 66.8 Å². The molecule has 4 heterocycles. The number of esters is 1. The molecule has 0 aromatic carbocycles. The second kappa shape index (κ2) is 29.6. The minimum absolute atomic E-state index is 0.00690. The van der Waals surface area contributed by atoms with Crippen LogP contribution in [0.4, 0.5) is 43.0 Å². The van der Waals surface area contributed by atoms with Gasteiger partial charge in [0.05, 0.1) is 51.1 Å². The van der Waals surface area contributed by atoms with E-state index in [2.05, 4.69) is 96.0 Å². The van der Waals surface area contributed by atoms with Crippen LogP contribution in [-0.4, -0.2) is 133 Å². The molecular formula is C49H72N17O10+. The third-order valence-electron chi connectivity index (χ3n) is 12.3. The van der Waals surface area contributed by atoms with Crippen molar-refractivity contribution >= 4 is 53.9 Å². The Morgan fingerprint density at radius 1 is 0.553 bits per heavy atom. The monoisotopic (exact) mass is 1060 g/mol. The van der Waals surface area contributed by atoms with Crippen LogP contribution in [0.25, 0.3) is 0 Å². The molecule has 412 valence electrons. The predicted octanol–water partition coefficient (Wildman–Crippen LogP) is 3.44. The van der Waals surface area contributed by atoms with E-state index in [1.807, 2.05) is 0 Å². The number of aryl methyl sites for hydroxylation is 3. The van der Waals surface area contributed by atoms with Crippen LogP contribution in [-0.2, 0) is 16.0 Å². The molecule has 2 atom stereocenters. The smallest absolute Gasteiger partial charge is 0.333 e. The van der Waals surface area contributed by atoms with Gasteiger partial charge in [-0.2, -0.15) is 0 Å². The fourth-order valence-electron chi connectivity index (χ4n) is 8.67. The van der Waals surface area contributed by atoms with Gasteiger partial charge in [0.15, 0.2) is 0 Å². The van der Waals surface area contributed by atoms with Crippen molar-refractivity contribution < 1.29 is 33.2 Å². The van der Waals surface area contributed by atoms with E-state index in [1.165, 1.54) is 24.3 Å². The molecule has 27 nitrogen and oxygen atoms in total. The molecule has 27 heteroatoms. The summed E-state index contributed by atoms with van der Waals surface area (Å²) >= 11 is 0. The van der Waals surface area contributed by atoms with Gasteiger partial charge in [0, 0.05) is 79.3 Å². The zero-order valence-electron chi connectivity index (χ0n) is 43.6. The van der Waals surface area contributed by atoms with E-state index in [1.54, 1.807) is 20.8 Å². The molecule has 4 aromatic rings. The van der Waals surface area contributed by atoms with E-state index in [4.69, 9.17) is 4.74 Å². The number of urea groups is 4. The number of anilines is 4. The largest absolute Gasteiger partial charge is 0.462 e. The normalized spacial score (nSPS) is 14.2. The highest BCUT2D eigenvalue weighted by Gasteiger charge is 2.29. The summed E-state index contributed by atoms with van der Waals surface area (Å²) in [5.41, 5.74) is -0.0266. The topological polar surface area (TPSA) is 374 Å². The first-order valence-electron chi connectivity index (χ1n) is 25.6. The molecule has 1 fully saturated rings. The standard InChI is InChI=1S/C49H71N17O10/c1-30(25-34-29-40(70)61-45(55-34)65-49(75)57-36-18-12-11-17-35(36)56-48(74)64-44-54-33(4)28-39(69)60-44)41(71)76-24-14-10-8-6-7-9-13-21-66(5,22-15-19-50-46(72)62-42-52-31(2)26-37(67)58-42)23-16-20-51-47(73)63-43-53-32(3)27-38(68)59-43/h26-29,35-36H,1,6-25H2,2-5H3,(H11-,50,51,52,53,54,55,56,57,58,59,60,61,62,63,64,65,67,68,69,70,72,73,74,75)/p+1. The van der Waals surface area contributed by atoms with E-state index < -0.39 is 53.3 Å². The molecule has 5 rings (SSSR count). The van der Waals surface area contributed by atoms with Crippen molar-refractivity contribution in [2.45, 2.75) is 123 Å². The maximum absolute atomic E-state index is 13.0. The average molecular weight is 1060 g/mol. The lowest BCUT2D eigenvalue weighted by Crippen LogP contribution is -2.55. The molecule has 0 bridgehead atoms. The Bertz CT molecular complexity index is 2800. The van der Waals surface area contributed by atoms with Gasteiger partial charge in [-0.05, 0) is 52.9 Å². The predicted molar refractivity (Wildman–Crippen MR) is 284 cm³/mol. The number of carbonyl (C=O) groups excluding carboxylic acids is 5. The molecule has 2 unspecified atom stereocenters. The molecule has 8 amide bonds. The highest BCUT2D eigenvalue weighted by atomic mass is 16.5. The van der Waals surface area contributed by atoms with Gasteiger partial charge in [-0.3, -0.25) is 60.4 Å². The highest BCUT2D eigenvalue weighted by molar-refractivity contribution is 5.90. The maximum Gasteiger partial charge on any atom is 0.333 e.